The Morgan fingerprint density at radius 1 is 1.22 bits per heavy atom. The van der Waals surface area contributed by atoms with E-state index in [9.17, 15) is 17.6 Å². The molecule has 1 aliphatic heterocycles. The van der Waals surface area contributed by atoms with Crippen LogP contribution in [0.5, 0.6) is 0 Å². The third kappa shape index (κ3) is 6.01. The van der Waals surface area contributed by atoms with Crippen molar-refractivity contribution in [1.82, 2.24) is 9.62 Å². The molecule has 0 unspecified atom stereocenters. The minimum Gasteiger partial charge on any atom is -0.356 e. The van der Waals surface area contributed by atoms with Crippen molar-refractivity contribution in [1.29, 1.82) is 0 Å². The fraction of sp³-hybridized carbons (Fsp3) is 0.650. The van der Waals surface area contributed by atoms with Crippen LogP contribution in [-0.4, -0.2) is 38.3 Å². The van der Waals surface area contributed by atoms with E-state index in [2.05, 4.69) is 19.2 Å². The first-order valence-corrected chi connectivity index (χ1v) is 11.4. The Labute approximate surface area is 162 Å². The summed E-state index contributed by atoms with van der Waals surface area (Å²) in [5.41, 5.74) is 0. The lowest BCUT2D eigenvalue weighted by Crippen LogP contribution is -2.43. The van der Waals surface area contributed by atoms with Gasteiger partial charge in [-0.05, 0) is 49.4 Å². The minimum absolute atomic E-state index is 0.0313. The fourth-order valence-electron chi connectivity index (χ4n) is 3.45. The highest BCUT2D eigenvalue weighted by molar-refractivity contribution is 7.89. The fourth-order valence-corrected chi connectivity index (χ4v) is 4.92. The molecule has 1 aromatic rings. The van der Waals surface area contributed by atoms with Crippen molar-refractivity contribution in [3.8, 4) is 0 Å². The second kappa shape index (κ2) is 10.2. The molecule has 5 nitrogen and oxygen atoms in total. The molecule has 0 saturated carbocycles. The first-order chi connectivity index (χ1) is 12.9. The van der Waals surface area contributed by atoms with Crippen LogP contribution in [0.25, 0.3) is 0 Å². The normalized spacial score (nSPS) is 17.6. The summed E-state index contributed by atoms with van der Waals surface area (Å²) in [5, 5.41) is 3.06. The van der Waals surface area contributed by atoms with Gasteiger partial charge in [0.2, 0.25) is 15.9 Å². The molecule has 1 N–H and O–H groups in total. The predicted molar refractivity (Wildman–Crippen MR) is 104 cm³/mol. The van der Waals surface area contributed by atoms with Gasteiger partial charge in [0, 0.05) is 25.6 Å². The van der Waals surface area contributed by atoms with E-state index in [1.807, 2.05) is 0 Å². The van der Waals surface area contributed by atoms with E-state index in [1.165, 1.54) is 22.9 Å². The summed E-state index contributed by atoms with van der Waals surface area (Å²) in [7, 11) is -3.63. The summed E-state index contributed by atoms with van der Waals surface area (Å²) in [6.07, 6.45) is 5.53. The maximum absolute atomic E-state index is 13.0. The molecule has 27 heavy (non-hydrogen) atoms. The van der Waals surface area contributed by atoms with Gasteiger partial charge in [0.25, 0.3) is 0 Å². The Hall–Kier alpha value is -1.47. The van der Waals surface area contributed by atoms with Crippen LogP contribution in [0.1, 0.15) is 52.4 Å². The zero-order chi connectivity index (χ0) is 19.9. The summed E-state index contributed by atoms with van der Waals surface area (Å²) in [4.78, 5) is 12.5. The number of nitrogens with one attached hydrogen (secondary N) is 1. The molecule has 0 spiro atoms. The molecule has 152 valence electrons. The first kappa shape index (κ1) is 21.8. The minimum atomic E-state index is -3.63. The second-order valence-electron chi connectivity index (χ2n) is 7.29. The lowest BCUT2D eigenvalue weighted by molar-refractivity contribution is -0.126. The lowest BCUT2D eigenvalue weighted by Gasteiger charge is -2.31. The van der Waals surface area contributed by atoms with Crippen LogP contribution >= 0.6 is 0 Å². The van der Waals surface area contributed by atoms with Crippen LogP contribution in [0, 0.1) is 17.7 Å². The van der Waals surface area contributed by atoms with Crippen LogP contribution in [0.4, 0.5) is 4.39 Å². The number of hydrogen-bond donors (Lipinski definition) is 1. The first-order valence-electron chi connectivity index (χ1n) is 9.91. The highest BCUT2D eigenvalue weighted by Gasteiger charge is 2.32. The Kier molecular flexibility index (Phi) is 8.23. The number of carbonyl (C=O) groups excluding carboxylic acids is 1. The SMILES string of the molecule is CCCC[C@@H](CC)CNC(=O)C1CCN(S(=O)(=O)c2ccc(F)cc2)CC1. The van der Waals surface area contributed by atoms with Gasteiger partial charge in [-0.3, -0.25) is 4.79 Å². The van der Waals surface area contributed by atoms with Crippen LogP contribution < -0.4 is 5.32 Å². The van der Waals surface area contributed by atoms with E-state index >= 15 is 0 Å². The number of sulfonamides is 1. The molecule has 1 amide bonds. The van der Waals surface area contributed by atoms with E-state index in [4.69, 9.17) is 0 Å². The van der Waals surface area contributed by atoms with Gasteiger partial charge < -0.3 is 5.32 Å². The van der Waals surface area contributed by atoms with Crippen molar-refractivity contribution in [2.45, 2.75) is 57.3 Å². The molecule has 1 fully saturated rings. The van der Waals surface area contributed by atoms with E-state index in [1.54, 1.807) is 0 Å². The summed E-state index contributed by atoms with van der Waals surface area (Å²) in [6, 6.07) is 4.86. The van der Waals surface area contributed by atoms with Crippen LogP contribution in [0.3, 0.4) is 0 Å². The topological polar surface area (TPSA) is 66.5 Å². The number of piperidine rings is 1. The monoisotopic (exact) mass is 398 g/mol. The third-order valence-electron chi connectivity index (χ3n) is 5.38. The smallest absolute Gasteiger partial charge is 0.243 e. The van der Waals surface area contributed by atoms with E-state index < -0.39 is 15.8 Å². The summed E-state index contributed by atoms with van der Waals surface area (Å²) in [6.45, 7) is 5.63. The van der Waals surface area contributed by atoms with E-state index in [-0.39, 0.29) is 16.7 Å². The summed E-state index contributed by atoms with van der Waals surface area (Å²) >= 11 is 0. The molecular weight excluding hydrogens is 367 g/mol. The van der Waals surface area contributed by atoms with Gasteiger partial charge in [0.05, 0.1) is 4.90 Å². The number of hydrogen-bond acceptors (Lipinski definition) is 3. The number of benzene rings is 1. The molecule has 1 heterocycles. The van der Waals surface area contributed by atoms with Crippen LogP contribution in [0.2, 0.25) is 0 Å². The van der Waals surface area contributed by atoms with Crippen molar-refractivity contribution in [2.75, 3.05) is 19.6 Å². The number of unbranched alkanes of at least 4 members (excludes halogenated alkanes) is 1. The molecule has 0 aromatic heterocycles. The zero-order valence-corrected chi connectivity index (χ0v) is 17.1. The molecule has 1 atom stereocenters. The van der Waals surface area contributed by atoms with Crippen LogP contribution in [-0.2, 0) is 14.8 Å². The Balaban J connectivity index is 1.85. The number of halogens is 1. The van der Waals surface area contributed by atoms with Gasteiger partial charge >= 0.3 is 0 Å². The molecular formula is C20H31FN2O3S. The van der Waals surface area contributed by atoms with E-state index in [0.717, 1.165) is 31.4 Å². The number of nitrogens with zero attached hydrogens (tertiary/aromatic N) is 1. The second-order valence-corrected chi connectivity index (χ2v) is 9.23. The standard InChI is InChI=1S/C20H31FN2O3S/c1-3-5-6-16(4-2)15-22-20(24)17-11-13-23(14-12-17)27(25,26)19-9-7-18(21)8-10-19/h7-10,16-17H,3-6,11-15H2,1-2H3,(H,22,24)/t16-/m1/s1. The Morgan fingerprint density at radius 3 is 2.41 bits per heavy atom. The molecule has 1 aliphatic rings. The molecule has 1 aromatic carbocycles. The number of amides is 1. The van der Waals surface area contributed by atoms with Crippen molar-refractivity contribution >= 4 is 15.9 Å². The average Bonchev–Trinajstić information content (AvgIpc) is 2.68. The van der Waals surface area contributed by atoms with Gasteiger partial charge in [-0.1, -0.05) is 33.1 Å². The van der Waals surface area contributed by atoms with Gasteiger partial charge in [0.15, 0.2) is 0 Å². The molecule has 1 saturated heterocycles. The molecule has 2 rings (SSSR count). The molecule has 7 heteroatoms. The van der Waals surface area contributed by atoms with Crippen molar-refractivity contribution < 1.29 is 17.6 Å². The third-order valence-corrected chi connectivity index (χ3v) is 7.30. The van der Waals surface area contributed by atoms with Gasteiger partial charge in [-0.25, -0.2) is 12.8 Å². The van der Waals surface area contributed by atoms with E-state index in [0.29, 0.717) is 38.4 Å². The largest absolute Gasteiger partial charge is 0.356 e. The van der Waals surface area contributed by atoms with Gasteiger partial charge in [0.1, 0.15) is 5.82 Å². The molecule has 0 aliphatic carbocycles. The Morgan fingerprint density at radius 2 is 1.85 bits per heavy atom. The summed E-state index contributed by atoms with van der Waals surface area (Å²) in [5.74, 6) is -0.0707. The molecule has 0 bridgehead atoms. The van der Waals surface area contributed by atoms with Gasteiger partial charge in [-0.2, -0.15) is 4.31 Å². The number of rotatable bonds is 9. The lowest BCUT2D eigenvalue weighted by atomic mass is 9.95. The van der Waals surface area contributed by atoms with Crippen molar-refractivity contribution in [3.63, 3.8) is 0 Å². The quantitative estimate of drug-likeness (QED) is 0.692. The van der Waals surface area contributed by atoms with Crippen molar-refractivity contribution in [3.05, 3.63) is 30.1 Å². The van der Waals surface area contributed by atoms with Crippen molar-refractivity contribution in [2.24, 2.45) is 11.8 Å². The maximum atomic E-state index is 13.0. The molecule has 0 radical (unpaired) electrons. The number of carbonyl (C=O) groups is 1. The van der Waals surface area contributed by atoms with Crippen LogP contribution in [0.15, 0.2) is 29.2 Å². The summed E-state index contributed by atoms with van der Waals surface area (Å²) < 4.78 is 39.7. The Bertz CT molecular complexity index is 698. The predicted octanol–water partition coefficient (Wildman–Crippen LogP) is 3.56. The maximum Gasteiger partial charge on any atom is 0.243 e. The van der Waals surface area contributed by atoms with Gasteiger partial charge in [-0.15, -0.1) is 0 Å². The average molecular weight is 399 g/mol. The zero-order valence-electron chi connectivity index (χ0n) is 16.3. The highest BCUT2D eigenvalue weighted by atomic mass is 32.2. The highest BCUT2D eigenvalue weighted by Crippen LogP contribution is 2.24.